The van der Waals surface area contributed by atoms with Gasteiger partial charge in [-0.25, -0.2) is 4.39 Å². The highest BCUT2D eigenvalue weighted by molar-refractivity contribution is 5.80. The lowest BCUT2D eigenvalue weighted by molar-refractivity contribution is 0.308. The summed E-state index contributed by atoms with van der Waals surface area (Å²) in [5.74, 6) is 0.911. The van der Waals surface area contributed by atoms with E-state index in [4.69, 9.17) is 10.5 Å². The molecule has 104 valence electrons. The van der Waals surface area contributed by atoms with Crippen molar-refractivity contribution in [3.63, 3.8) is 0 Å². The van der Waals surface area contributed by atoms with E-state index in [0.29, 0.717) is 18.4 Å². The van der Waals surface area contributed by atoms with Gasteiger partial charge in [0.2, 0.25) is 0 Å². The molecular weight excluding hydrogens is 245 g/mol. The number of nitrogens with two attached hydrogens (primary N) is 1. The summed E-state index contributed by atoms with van der Waals surface area (Å²) in [5, 5.41) is 0. The van der Waals surface area contributed by atoms with Crippen LogP contribution in [-0.4, -0.2) is 31.1 Å². The maximum atomic E-state index is 13.8. The Labute approximate surface area is 113 Å². The van der Waals surface area contributed by atoms with Crippen LogP contribution in [0.15, 0.2) is 23.2 Å². The van der Waals surface area contributed by atoms with E-state index in [0.717, 1.165) is 12.1 Å². The molecule has 0 saturated heterocycles. The molecule has 0 radical (unpaired) electrons. The number of guanidine groups is 1. The monoisotopic (exact) mass is 265 g/mol. The summed E-state index contributed by atoms with van der Waals surface area (Å²) in [6, 6.07) is 5.04. The third-order valence-corrected chi connectivity index (χ3v) is 3.22. The van der Waals surface area contributed by atoms with Gasteiger partial charge in [-0.3, -0.25) is 4.99 Å². The molecule has 1 atom stereocenters. The van der Waals surface area contributed by atoms with Crippen LogP contribution in [-0.2, 0) is 0 Å². The maximum Gasteiger partial charge on any atom is 0.191 e. The smallest absolute Gasteiger partial charge is 0.191 e. The van der Waals surface area contributed by atoms with Crippen molar-refractivity contribution in [2.24, 2.45) is 16.6 Å². The number of ether oxygens (including phenoxy) is 1. The van der Waals surface area contributed by atoms with Crippen molar-refractivity contribution >= 4 is 5.96 Å². The van der Waals surface area contributed by atoms with Gasteiger partial charge in [0.15, 0.2) is 17.5 Å². The first kappa shape index (κ1) is 13.6. The van der Waals surface area contributed by atoms with Crippen molar-refractivity contribution in [2.45, 2.75) is 19.9 Å². The van der Waals surface area contributed by atoms with E-state index in [1.165, 1.54) is 13.2 Å². The van der Waals surface area contributed by atoms with Crippen molar-refractivity contribution in [1.29, 1.82) is 0 Å². The van der Waals surface area contributed by atoms with Gasteiger partial charge in [0.05, 0.1) is 19.7 Å². The number of benzene rings is 1. The Morgan fingerprint density at radius 3 is 2.84 bits per heavy atom. The van der Waals surface area contributed by atoms with Crippen molar-refractivity contribution in [3.8, 4) is 5.75 Å². The van der Waals surface area contributed by atoms with Gasteiger partial charge in [-0.2, -0.15) is 0 Å². The highest BCUT2D eigenvalue weighted by Gasteiger charge is 2.28. The molecule has 19 heavy (non-hydrogen) atoms. The zero-order valence-corrected chi connectivity index (χ0v) is 11.6. The summed E-state index contributed by atoms with van der Waals surface area (Å²) in [4.78, 5) is 6.30. The van der Waals surface area contributed by atoms with E-state index in [1.807, 2.05) is 11.0 Å². The van der Waals surface area contributed by atoms with Crippen LogP contribution < -0.4 is 10.5 Å². The second kappa shape index (κ2) is 5.47. The molecule has 1 aliphatic rings. The third kappa shape index (κ3) is 2.80. The average Bonchev–Trinajstić information content (AvgIpc) is 2.70. The maximum absolute atomic E-state index is 13.8. The van der Waals surface area contributed by atoms with Gasteiger partial charge >= 0.3 is 0 Å². The number of hydrogen-bond donors (Lipinski definition) is 1. The molecule has 1 heterocycles. The first-order chi connectivity index (χ1) is 9.02. The van der Waals surface area contributed by atoms with Crippen LogP contribution in [0.4, 0.5) is 4.39 Å². The molecule has 1 aliphatic heterocycles. The first-order valence-corrected chi connectivity index (χ1v) is 6.43. The van der Waals surface area contributed by atoms with E-state index in [-0.39, 0.29) is 17.6 Å². The molecule has 0 fully saturated rings. The number of halogens is 1. The fourth-order valence-electron chi connectivity index (χ4n) is 2.32. The lowest BCUT2D eigenvalue weighted by Gasteiger charge is -2.28. The highest BCUT2D eigenvalue weighted by atomic mass is 19.1. The van der Waals surface area contributed by atoms with E-state index in [9.17, 15) is 4.39 Å². The van der Waals surface area contributed by atoms with Gasteiger partial charge in [-0.15, -0.1) is 0 Å². The molecule has 0 aliphatic carbocycles. The molecule has 0 spiro atoms. The average molecular weight is 265 g/mol. The molecule has 4 nitrogen and oxygen atoms in total. The number of methoxy groups -OCH3 is 1. The Balaban J connectivity index is 2.23. The lowest BCUT2D eigenvalue weighted by Crippen LogP contribution is -2.38. The van der Waals surface area contributed by atoms with Gasteiger partial charge in [0.1, 0.15) is 0 Å². The predicted octanol–water partition coefficient (Wildman–Crippen LogP) is 2.16. The Kier molecular flexibility index (Phi) is 3.93. The fraction of sp³-hybridized carbons (Fsp3) is 0.500. The van der Waals surface area contributed by atoms with E-state index < -0.39 is 0 Å². The van der Waals surface area contributed by atoms with Crippen LogP contribution >= 0.6 is 0 Å². The summed E-state index contributed by atoms with van der Waals surface area (Å²) in [7, 11) is 1.46. The molecule has 0 bridgehead atoms. The summed E-state index contributed by atoms with van der Waals surface area (Å²) in [5.41, 5.74) is 6.78. The van der Waals surface area contributed by atoms with Gasteiger partial charge < -0.3 is 15.4 Å². The first-order valence-electron chi connectivity index (χ1n) is 6.43. The van der Waals surface area contributed by atoms with Gasteiger partial charge in [0, 0.05) is 6.54 Å². The van der Waals surface area contributed by atoms with Crippen LogP contribution in [0, 0.1) is 11.7 Å². The Morgan fingerprint density at radius 2 is 2.26 bits per heavy atom. The number of nitrogens with zero attached hydrogens (tertiary/aromatic N) is 2. The van der Waals surface area contributed by atoms with Crippen molar-refractivity contribution < 1.29 is 9.13 Å². The van der Waals surface area contributed by atoms with Crippen LogP contribution in [0.3, 0.4) is 0 Å². The minimum absolute atomic E-state index is 0.0165. The van der Waals surface area contributed by atoms with Crippen molar-refractivity contribution in [2.75, 3.05) is 20.2 Å². The molecule has 2 N–H and O–H groups in total. The van der Waals surface area contributed by atoms with Crippen molar-refractivity contribution in [3.05, 3.63) is 29.6 Å². The number of hydrogen-bond acceptors (Lipinski definition) is 4. The van der Waals surface area contributed by atoms with Crippen LogP contribution in [0.1, 0.15) is 25.5 Å². The second-order valence-electron chi connectivity index (χ2n) is 5.15. The minimum Gasteiger partial charge on any atom is -0.494 e. The summed E-state index contributed by atoms with van der Waals surface area (Å²) in [6.07, 6.45) is 0. The summed E-state index contributed by atoms with van der Waals surface area (Å²) in [6.45, 7) is 5.63. The Bertz CT molecular complexity index is 488. The molecular formula is C14H20FN3O. The molecule has 1 aromatic rings. The zero-order chi connectivity index (χ0) is 14.0. The van der Waals surface area contributed by atoms with Crippen LogP contribution in [0.2, 0.25) is 0 Å². The Hall–Kier alpha value is -1.78. The van der Waals surface area contributed by atoms with E-state index in [2.05, 4.69) is 18.8 Å². The molecule has 5 heteroatoms. The molecule has 0 amide bonds. The normalized spacial score (nSPS) is 18.9. The quantitative estimate of drug-likeness (QED) is 0.907. The van der Waals surface area contributed by atoms with Gasteiger partial charge in [-0.05, 0) is 23.6 Å². The van der Waals surface area contributed by atoms with E-state index in [1.54, 1.807) is 6.07 Å². The summed E-state index contributed by atoms with van der Waals surface area (Å²) < 4.78 is 18.7. The standard InChI is InChI=1S/C14H20FN3O/c1-9(2)8-18-12(7-17-14(18)16)10-4-5-13(19-3)11(15)6-10/h4-6,9,12H,7-8H2,1-3H3,(H2,16,17). The SMILES string of the molecule is COc1ccc(C2CN=C(N)N2CC(C)C)cc1F. The minimum atomic E-state index is -0.352. The molecule has 0 aromatic heterocycles. The lowest BCUT2D eigenvalue weighted by atomic mass is 10.0. The van der Waals surface area contributed by atoms with Gasteiger partial charge in [0.25, 0.3) is 0 Å². The van der Waals surface area contributed by atoms with Crippen molar-refractivity contribution in [1.82, 2.24) is 4.90 Å². The predicted molar refractivity (Wildman–Crippen MR) is 73.7 cm³/mol. The second-order valence-corrected chi connectivity index (χ2v) is 5.15. The Morgan fingerprint density at radius 1 is 1.53 bits per heavy atom. The molecule has 1 unspecified atom stereocenters. The molecule has 2 rings (SSSR count). The highest BCUT2D eigenvalue weighted by Crippen LogP contribution is 2.29. The van der Waals surface area contributed by atoms with Crippen LogP contribution in [0.5, 0.6) is 5.75 Å². The fourth-order valence-corrected chi connectivity index (χ4v) is 2.32. The topological polar surface area (TPSA) is 50.9 Å². The number of aliphatic imine (C=N–C) groups is 1. The zero-order valence-electron chi connectivity index (χ0n) is 11.6. The molecule has 0 saturated carbocycles. The molecule has 1 aromatic carbocycles. The third-order valence-electron chi connectivity index (χ3n) is 3.22. The number of rotatable bonds is 4. The van der Waals surface area contributed by atoms with Gasteiger partial charge in [-0.1, -0.05) is 19.9 Å². The largest absolute Gasteiger partial charge is 0.494 e. The van der Waals surface area contributed by atoms with E-state index >= 15 is 0 Å². The summed E-state index contributed by atoms with van der Waals surface area (Å²) >= 11 is 0. The van der Waals surface area contributed by atoms with Crippen LogP contribution in [0.25, 0.3) is 0 Å².